The number of ether oxygens (including phenoxy) is 5. The molecular weight excluding hydrogens is 272 g/mol. The van der Waals surface area contributed by atoms with Crippen LogP contribution >= 0.6 is 0 Å². The molecule has 1 fully saturated rings. The first-order valence-corrected chi connectivity index (χ1v) is 7.48. The second-order valence-corrected chi connectivity index (χ2v) is 6.43. The molecule has 0 amide bonds. The fourth-order valence-electron chi connectivity index (χ4n) is 3.72. The van der Waals surface area contributed by atoms with E-state index in [-0.39, 0.29) is 6.10 Å². The van der Waals surface area contributed by atoms with E-state index in [2.05, 4.69) is 13.8 Å². The smallest absolute Gasteiger partial charge is 0.128 e. The third-order valence-electron chi connectivity index (χ3n) is 6.12. The van der Waals surface area contributed by atoms with Crippen LogP contribution in [0.15, 0.2) is 0 Å². The van der Waals surface area contributed by atoms with Gasteiger partial charge in [0, 0.05) is 28.4 Å². The lowest BCUT2D eigenvalue weighted by atomic mass is 9.60. The van der Waals surface area contributed by atoms with Gasteiger partial charge in [-0.05, 0) is 34.1 Å². The molecule has 5 atom stereocenters. The van der Waals surface area contributed by atoms with E-state index in [1.807, 2.05) is 20.8 Å². The Balaban J connectivity index is 3.53. The molecule has 0 spiro atoms. The Bertz CT molecular complexity index is 363. The Labute approximate surface area is 129 Å². The van der Waals surface area contributed by atoms with Crippen LogP contribution in [0.1, 0.15) is 41.0 Å². The maximum absolute atomic E-state index is 6.42. The monoisotopic (exact) mass is 304 g/mol. The second kappa shape index (κ2) is 6.13. The normalized spacial score (nSPS) is 47.6. The molecule has 0 radical (unpaired) electrons. The molecule has 1 heterocycles. The molecule has 5 heteroatoms. The van der Waals surface area contributed by atoms with Gasteiger partial charge in [0.2, 0.25) is 0 Å². The zero-order valence-corrected chi connectivity index (χ0v) is 15.0. The molecule has 0 aromatic rings. The van der Waals surface area contributed by atoms with Crippen molar-refractivity contribution in [3.05, 3.63) is 0 Å². The average molecular weight is 304 g/mol. The second-order valence-electron chi connectivity index (χ2n) is 6.43. The first kappa shape index (κ1) is 18.8. The van der Waals surface area contributed by atoms with Crippen LogP contribution in [0.2, 0.25) is 0 Å². The number of methoxy groups -OCH3 is 4. The zero-order chi connectivity index (χ0) is 16.5. The summed E-state index contributed by atoms with van der Waals surface area (Å²) >= 11 is 0. The highest BCUT2D eigenvalue weighted by Gasteiger charge is 2.72. The third-order valence-corrected chi connectivity index (χ3v) is 6.12. The molecule has 1 rings (SSSR count). The van der Waals surface area contributed by atoms with Gasteiger partial charge in [-0.15, -0.1) is 0 Å². The van der Waals surface area contributed by atoms with E-state index in [9.17, 15) is 0 Å². The molecule has 5 nitrogen and oxygen atoms in total. The van der Waals surface area contributed by atoms with Gasteiger partial charge in [-0.25, -0.2) is 0 Å². The number of hydrogen-bond donors (Lipinski definition) is 0. The predicted octanol–water partition coefficient (Wildman–Crippen LogP) is 2.42. The van der Waals surface area contributed by atoms with Gasteiger partial charge in [0.1, 0.15) is 22.9 Å². The average Bonchev–Trinajstić information content (AvgIpc) is 2.50. The standard InChI is InChI=1S/C16H32O5/c1-10-13(2)15(4,19-8)16(5,20-9)14(3,18-7)12(21-13)11-17-6/h12H,10-11H2,1-9H3. The van der Waals surface area contributed by atoms with E-state index in [0.29, 0.717) is 6.61 Å². The number of rotatable bonds is 6. The molecule has 0 N–H and O–H groups in total. The van der Waals surface area contributed by atoms with Gasteiger partial charge in [-0.3, -0.25) is 0 Å². The van der Waals surface area contributed by atoms with Crippen molar-refractivity contribution in [1.82, 2.24) is 0 Å². The Morgan fingerprint density at radius 1 is 0.857 bits per heavy atom. The summed E-state index contributed by atoms with van der Waals surface area (Å²) in [6, 6.07) is 0. The Morgan fingerprint density at radius 2 is 1.38 bits per heavy atom. The highest BCUT2D eigenvalue weighted by atomic mass is 16.6. The molecule has 5 unspecified atom stereocenters. The molecule has 0 aliphatic carbocycles. The fraction of sp³-hybridized carbons (Fsp3) is 1.00. The molecule has 21 heavy (non-hydrogen) atoms. The molecule has 1 aliphatic rings. The first-order chi connectivity index (χ1) is 9.66. The Kier molecular flexibility index (Phi) is 5.50. The highest BCUT2D eigenvalue weighted by Crippen LogP contribution is 2.54. The summed E-state index contributed by atoms with van der Waals surface area (Å²) in [5.74, 6) is 0. The molecule has 1 aliphatic heterocycles. The quantitative estimate of drug-likeness (QED) is 0.754. The largest absolute Gasteiger partial charge is 0.382 e. The van der Waals surface area contributed by atoms with Crippen LogP contribution < -0.4 is 0 Å². The van der Waals surface area contributed by atoms with Crippen molar-refractivity contribution in [1.29, 1.82) is 0 Å². The van der Waals surface area contributed by atoms with E-state index >= 15 is 0 Å². The lowest BCUT2D eigenvalue weighted by Gasteiger charge is -2.66. The SMILES string of the molecule is CCC1(C)OC(COC)C(C)(OC)C(C)(OC)C1(C)OC. The van der Waals surface area contributed by atoms with Crippen molar-refractivity contribution in [3.8, 4) is 0 Å². The van der Waals surface area contributed by atoms with E-state index in [0.717, 1.165) is 6.42 Å². The summed E-state index contributed by atoms with van der Waals surface area (Å²) < 4.78 is 29.6. The first-order valence-electron chi connectivity index (χ1n) is 7.48. The molecule has 0 saturated carbocycles. The number of hydrogen-bond acceptors (Lipinski definition) is 5. The van der Waals surface area contributed by atoms with Crippen molar-refractivity contribution >= 4 is 0 Å². The summed E-state index contributed by atoms with van der Waals surface area (Å²) in [7, 11) is 6.73. The van der Waals surface area contributed by atoms with Gasteiger partial charge in [0.15, 0.2) is 0 Å². The third kappa shape index (κ3) is 2.25. The van der Waals surface area contributed by atoms with Gasteiger partial charge in [-0.1, -0.05) is 6.92 Å². The summed E-state index contributed by atoms with van der Waals surface area (Å²) in [4.78, 5) is 0. The van der Waals surface area contributed by atoms with Crippen LogP contribution in [0, 0.1) is 0 Å². The lowest BCUT2D eigenvalue weighted by Crippen LogP contribution is -2.82. The van der Waals surface area contributed by atoms with Crippen LogP contribution in [-0.4, -0.2) is 63.6 Å². The van der Waals surface area contributed by atoms with Crippen molar-refractivity contribution in [3.63, 3.8) is 0 Å². The van der Waals surface area contributed by atoms with Gasteiger partial charge in [-0.2, -0.15) is 0 Å². The van der Waals surface area contributed by atoms with Crippen molar-refractivity contribution in [2.45, 2.75) is 69.5 Å². The molecule has 0 aromatic carbocycles. The van der Waals surface area contributed by atoms with Crippen LogP contribution in [-0.2, 0) is 23.7 Å². The van der Waals surface area contributed by atoms with Crippen LogP contribution in [0.25, 0.3) is 0 Å². The van der Waals surface area contributed by atoms with Crippen molar-refractivity contribution in [2.24, 2.45) is 0 Å². The highest BCUT2D eigenvalue weighted by molar-refractivity contribution is 5.22. The van der Waals surface area contributed by atoms with Gasteiger partial charge < -0.3 is 23.7 Å². The van der Waals surface area contributed by atoms with Crippen LogP contribution in [0.3, 0.4) is 0 Å². The van der Waals surface area contributed by atoms with E-state index < -0.39 is 22.4 Å². The molecular formula is C16H32O5. The molecule has 1 saturated heterocycles. The lowest BCUT2D eigenvalue weighted by molar-refractivity contribution is -0.387. The van der Waals surface area contributed by atoms with Crippen LogP contribution in [0.5, 0.6) is 0 Å². The van der Waals surface area contributed by atoms with E-state index in [4.69, 9.17) is 23.7 Å². The van der Waals surface area contributed by atoms with Crippen LogP contribution in [0.4, 0.5) is 0 Å². The Morgan fingerprint density at radius 3 is 1.71 bits per heavy atom. The summed E-state index contributed by atoms with van der Waals surface area (Å²) in [6.07, 6.45) is 0.529. The van der Waals surface area contributed by atoms with Gasteiger partial charge in [0.05, 0.1) is 12.2 Å². The molecule has 0 aromatic heterocycles. The van der Waals surface area contributed by atoms with Crippen molar-refractivity contribution in [2.75, 3.05) is 35.0 Å². The summed E-state index contributed by atoms with van der Waals surface area (Å²) in [5.41, 5.74) is -2.63. The fourth-order valence-corrected chi connectivity index (χ4v) is 3.72. The van der Waals surface area contributed by atoms with E-state index in [1.165, 1.54) is 0 Å². The summed E-state index contributed by atoms with van der Waals surface area (Å²) in [6.45, 7) is 10.6. The molecule has 0 bridgehead atoms. The minimum atomic E-state index is -0.713. The zero-order valence-electron chi connectivity index (χ0n) is 15.0. The maximum atomic E-state index is 6.42. The predicted molar refractivity (Wildman–Crippen MR) is 81.7 cm³/mol. The topological polar surface area (TPSA) is 46.2 Å². The molecule has 126 valence electrons. The minimum Gasteiger partial charge on any atom is -0.382 e. The Hall–Kier alpha value is -0.200. The maximum Gasteiger partial charge on any atom is 0.128 e. The van der Waals surface area contributed by atoms with Gasteiger partial charge >= 0.3 is 0 Å². The van der Waals surface area contributed by atoms with E-state index in [1.54, 1.807) is 28.4 Å². The summed E-state index contributed by atoms with van der Waals surface area (Å²) in [5, 5.41) is 0. The minimum absolute atomic E-state index is 0.259. The van der Waals surface area contributed by atoms with Crippen molar-refractivity contribution < 1.29 is 23.7 Å². The van der Waals surface area contributed by atoms with Gasteiger partial charge in [0.25, 0.3) is 0 Å².